The minimum absolute atomic E-state index is 0.324. The van der Waals surface area contributed by atoms with Crippen LogP contribution in [-0.2, 0) is 5.92 Å². The number of nitrogens with one attached hydrogen (secondary N) is 1. The van der Waals surface area contributed by atoms with E-state index in [9.17, 15) is 39.5 Å². The van der Waals surface area contributed by atoms with E-state index in [2.05, 4.69) is 10.1 Å². The van der Waals surface area contributed by atoms with Gasteiger partial charge in [-0.3, -0.25) is 5.10 Å². The van der Waals surface area contributed by atoms with Crippen molar-refractivity contribution in [1.82, 2.24) is 15.2 Å². The van der Waals surface area contributed by atoms with E-state index in [4.69, 9.17) is 0 Å². The lowest BCUT2D eigenvalue weighted by Crippen LogP contribution is -2.59. The van der Waals surface area contributed by atoms with Gasteiger partial charge in [0.25, 0.3) is 0 Å². The lowest BCUT2D eigenvalue weighted by Gasteiger charge is -2.32. The molecule has 0 bridgehead atoms. The predicted molar refractivity (Wildman–Crippen MR) is 36.2 cm³/mol. The van der Waals surface area contributed by atoms with Gasteiger partial charge in [-0.2, -0.15) is 44.6 Å². The smallest absolute Gasteiger partial charge is 0.266 e. The molecule has 0 unspecified atom stereocenters. The summed E-state index contributed by atoms with van der Waals surface area (Å²) in [5.74, 6) is -21.7. The second kappa shape index (κ2) is 3.75. The zero-order chi connectivity index (χ0) is 14.4. The van der Waals surface area contributed by atoms with Crippen molar-refractivity contribution >= 4 is 0 Å². The van der Waals surface area contributed by atoms with Crippen LogP contribution in [-0.4, -0.2) is 33.2 Å². The molecule has 1 heterocycles. The largest absolute Gasteiger partial charge is 0.460 e. The van der Waals surface area contributed by atoms with Crippen LogP contribution in [0.1, 0.15) is 5.82 Å². The van der Waals surface area contributed by atoms with Crippen molar-refractivity contribution in [2.24, 2.45) is 0 Å². The van der Waals surface area contributed by atoms with Gasteiger partial charge in [0.2, 0.25) is 5.82 Å². The third kappa shape index (κ3) is 1.79. The maximum absolute atomic E-state index is 12.9. The minimum Gasteiger partial charge on any atom is -0.266 e. The lowest BCUT2D eigenvalue weighted by molar-refractivity contribution is -0.400. The molecule has 0 saturated heterocycles. The van der Waals surface area contributed by atoms with Gasteiger partial charge in [-0.05, 0) is 0 Å². The Morgan fingerprint density at radius 2 is 1.33 bits per heavy atom. The van der Waals surface area contributed by atoms with Crippen molar-refractivity contribution in [1.29, 1.82) is 0 Å². The maximum Gasteiger partial charge on any atom is 0.460 e. The highest BCUT2D eigenvalue weighted by Gasteiger charge is 2.83. The van der Waals surface area contributed by atoms with Crippen molar-refractivity contribution in [2.75, 3.05) is 0 Å². The molecule has 1 aromatic heterocycles. The van der Waals surface area contributed by atoms with Gasteiger partial charge < -0.3 is 0 Å². The molecule has 0 atom stereocenters. The topological polar surface area (TPSA) is 41.6 Å². The molecule has 1 aromatic rings. The highest BCUT2D eigenvalue weighted by molar-refractivity contribution is 5.08. The molecule has 0 aromatic carbocycles. The lowest BCUT2D eigenvalue weighted by atomic mass is 10.0. The van der Waals surface area contributed by atoms with Crippen molar-refractivity contribution in [3.63, 3.8) is 0 Å². The second-order valence-corrected chi connectivity index (χ2v) is 3.04. The van der Waals surface area contributed by atoms with E-state index in [1.807, 2.05) is 0 Å². The number of rotatable bonds is 3. The molecule has 0 fully saturated rings. The third-order valence-corrected chi connectivity index (χ3v) is 1.84. The standard InChI is InChI=1S/C6H2F9N3/c7-3(8,2-16-1-17-18-2)4(9,10)5(11,12)6(13,14)15/h1H,(H,16,17,18). The Bertz CT molecular complexity index is 406. The van der Waals surface area contributed by atoms with Crippen LogP contribution in [0.4, 0.5) is 39.5 Å². The van der Waals surface area contributed by atoms with Gasteiger partial charge in [0.1, 0.15) is 6.33 Å². The van der Waals surface area contributed by atoms with Gasteiger partial charge in [-0.15, -0.1) is 0 Å². The SMILES string of the molecule is FC(F)(F)C(F)(F)C(F)(F)C(F)(F)c1nc[nH]n1. The van der Waals surface area contributed by atoms with Gasteiger partial charge in [-0.1, -0.05) is 0 Å². The van der Waals surface area contributed by atoms with Gasteiger partial charge in [-0.25, -0.2) is 4.98 Å². The average molecular weight is 287 g/mol. The maximum atomic E-state index is 12.9. The summed E-state index contributed by atoms with van der Waals surface area (Å²) in [6.45, 7) is 0. The molecule has 1 N–H and O–H groups in total. The second-order valence-electron chi connectivity index (χ2n) is 3.04. The van der Waals surface area contributed by atoms with Crippen molar-refractivity contribution < 1.29 is 39.5 Å². The normalized spacial score (nSPS) is 14.9. The molecule has 18 heavy (non-hydrogen) atoms. The number of nitrogens with zero attached hydrogens (tertiary/aromatic N) is 2. The Hall–Kier alpha value is -1.49. The first kappa shape index (κ1) is 14.6. The summed E-state index contributed by atoms with van der Waals surface area (Å²) >= 11 is 0. The van der Waals surface area contributed by atoms with E-state index in [1.54, 1.807) is 0 Å². The highest BCUT2D eigenvalue weighted by atomic mass is 19.4. The number of hydrogen-bond acceptors (Lipinski definition) is 2. The first-order valence-electron chi connectivity index (χ1n) is 3.92. The Labute approximate surface area is 92.0 Å². The molecule has 0 saturated carbocycles. The molecule has 104 valence electrons. The fourth-order valence-electron chi connectivity index (χ4n) is 0.876. The summed E-state index contributed by atoms with van der Waals surface area (Å²) in [6.07, 6.45) is -6.53. The van der Waals surface area contributed by atoms with Crippen LogP contribution in [0.2, 0.25) is 0 Å². The monoisotopic (exact) mass is 287 g/mol. The van der Waals surface area contributed by atoms with Crippen LogP contribution in [0.5, 0.6) is 0 Å². The number of alkyl halides is 9. The Balaban J connectivity index is 3.30. The molecule has 0 aliphatic heterocycles. The van der Waals surface area contributed by atoms with Crippen molar-refractivity contribution in [2.45, 2.75) is 23.9 Å². The highest BCUT2D eigenvalue weighted by Crippen LogP contribution is 2.55. The molecular weight excluding hydrogens is 285 g/mol. The number of aromatic nitrogens is 3. The summed E-state index contributed by atoms with van der Waals surface area (Å²) in [5, 5.41) is 3.88. The van der Waals surface area contributed by atoms with Crippen molar-refractivity contribution in [3.05, 3.63) is 12.2 Å². The molecule has 0 spiro atoms. The fourth-order valence-corrected chi connectivity index (χ4v) is 0.876. The zero-order valence-corrected chi connectivity index (χ0v) is 7.87. The van der Waals surface area contributed by atoms with Crippen LogP contribution in [0.3, 0.4) is 0 Å². The number of hydrogen-bond donors (Lipinski definition) is 1. The number of halogens is 9. The van der Waals surface area contributed by atoms with Crippen LogP contribution >= 0.6 is 0 Å². The molecule has 0 aliphatic rings. The predicted octanol–water partition coefficient (Wildman–Crippen LogP) is 2.73. The van der Waals surface area contributed by atoms with E-state index in [0.29, 0.717) is 6.33 Å². The molecule has 0 aliphatic carbocycles. The molecule has 12 heteroatoms. The molecule has 0 amide bonds. The average Bonchev–Trinajstić information content (AvgIpc) is 2.68. The zero-order valence-electron chi connectivity index (χ0n) is 7.87. The Morgan fingerprint density at radius 3 is 1.67 bits per heavy atom. The molecule has 3 nitrogen and oxygen atoms in total. The summed E-state index contributed by atoms with van der Waals surface area (Å²) in [5.41, 5.74) is 0. The van der Waals surface area contributed by atoms with E-state index in [0.717, 1.165) is 0 Å². The van der Waals surface area contributed by atoms with Gasteiger partial charge in [0.15, 0.2) is 0 Å². The van der Waals surface area contributed by atoms with Gasteiger partial charge in [0.05, 0.1) is 0 Å². The van der Waals surface area contributed by atoms with Crippen LogP contribution in [0.15, 0.2) is 6.33 Å². The summed E-state index contributed by atoms with van der Waals surface area (Å²) in [4.78, 5) is 2.45. The summed E-state index contributed by atoms with van der Waals surface area (Å²) in [6, 6.07) is 0. The van der Waals surface area contributed by atoms with Crippen molar-refractivity contribution in [3.8, 4) is 0 Å². The first-order valence-corrected chi connectivity index (χ1v) is 3.92. The Kier molecular flexibility index (Phi) is 3.04. The van der Waals surface area contributed by atoms with Crippen LogP contribution < -0.4 is 0 Å². The van der Waals surface area contributed by atoms with E-state index >= 15 is 0 Å². The van der Waals surface area contributed by atoms with E-state index in [-0.39, 0.29) is 0 Å². The first-order chi connectivity index (χ1) is 7.86. The minimum atomic E-state index is -6.94. The number of H-pyrrole nitrogens is 1. The van der Waals surface area contributed by atoms with Gasteiger partial charge in [0, 0.05) is 0 Å². The van der Waals surface area contributed by atoms with E-state index < -0.39 is 29.8 Å². The summed E-state index contributed by atoms with van der Waals surface area (Å²) < 4.78 is 111. The van der Waals surface area contributed by atoms with Gasteiger partial charge >= 0.3 is 23.9 Å². The quantitative estimate of drug-likeness (QED) is 0.868. The Morgan fingerprint density at radius 1 is 0.833 bits per heavy atom. The van der Waals surface area contributed by atoms with Crippen LogP contribution in [0, 0.1) is 0 Å². The fraction of sp³-hybridized carbons (Fsp3) is 0.667. The van der Waals surface area contributed by atoms with Crippen LogP contribution in [0.25, 0.3) is 0 Å². The molecule has 1 rings (SSSR count). The molecule has 0 radical (unpaired) electrons. The number of aromatic amines is 1. The third-order valence-electron chi connectivity index (χ3n) is 1.84. The van der Waals surface area contributed by atoms with E-state index in [1.165, 1.54) is 5.10 Å². The molecular formula is C6H2F9N3. The summed E-state index contributed by atoms with van der Waals surface area (Å²) in [7, 11) is 0.